The van der Waals surface area contributed by atoms with Gasteiger partial charge in [-0.2, -0.15) is 0 Å². The van der Waals surface area contributed by atoms with Crippen LogP contribution in [0.15, 0.2) is 49.1 Å². The van der Waals surface area contributed by atoms with Crippen LogP contribution in [0.25, 0.3) is 10.9 Å². The first kappa shape index (κ1) is 14.7. The maximum Gasteiger partial charge on any atom is 0.326 e. The molecule has 0 bridgehead atoms. The molecular weight excluding hydrogens is 268 g/mol. The van der Waals surface area contributed by atoms with Gasteiger partial charge >= 0.3 is 5.97 Å². The Morgan fingerprint density at radius 3 is 2.76 bits per heavy atom. The average Bonchev–Trinajstić information content (AvgIpc) is 2.50. The molecule has 1 aromatic heterocycles. The number of carboxylic acid groups (broad SMARTS) is 1. The molecule has 1 heterocycles. The van der Waals surface area contributed by atoms with Crippen molar-refractivity contribution in [3.05, 3.63) is 54.7 Å². The molecule has 0 aliphatic rings. The first-order valence-electron chi connectivity index (χ1n) is 6.62. The fraction of sp³-hybridized carbons (Fsp3) is 0.188. The zero-order chi connectivity index (χ0) is 15.2. The second-order valence-electron chi connectivity index (χ2n) is 4.62. The highest BCUT2D eigenvalue weighted by molar-refractivity contribution is 5.96. The lowest BCUT2D eigenvalue weighted by atomic mass is 10.1. The summed E-state index contributed by atoms with van der Waals surface area (Å²) in [4.78, 5) is 27.5. The number of carbonyl (C=O) groups is 2. The summed E-state index contributed by atoms with van der Waals surface area (Å²) in [7, 11) is 0. The molecule has 21 heavy (non-hydrogen) atoms. The number of para-hydroxylation sites is 1. The summed E-state index contributed by atoms with van der Waals surface area (Å²) in [5.74, 6) is -1.55. The van der Waals surface area contributed by atoms with Crippen LogP contribution in [0.2, 0.25) is 0 Å². The molecule has 2 N–H and O–H groups in total. The lowest BCUT2D eigenvalue weighted by Crippen LogP contribution is -2.41. The van der Waals surface area contributed by atoms with Gasteiger partial charge in [-0.1, -0.05) is 30.3 Å². The van der Waals surface area contributed by atoms with Crippen LogP contribution < -0.4 is 5.32 Å². The predicted molar refractivity (Wildman–Crippen MR) is 80.1 cm³/mol. The summed E-state index contributed by atoms with van der Waals surface area (Å²) in [6.07, 6.45) is 2.44. The van der Waals surface area contributed by atoms with E-state index in [1.54, 1.807) is 24.3 Å². The van der Waals surface area contributed by atoms with Crippen LogP contribution in [0, 0.1) is 0 Å². The third kappa shape index (κ3) is 3.66. The number of hydrogen-bond acceptors (Lipinski definition) is 3. The van der Waals surface area contributed by atoms with Gasteiger partial charge < -0.3 is 10.4 Å². The van der Waals surface area contributed by atoms with Gasteiger partial charge in [-0.3, -0.25) is 4.79 Å². The molecular formula is C16H16N2O3. The molecule has 0 saturated carbocycles. The molecule has 0 aliphatic heterocycles. The monoisotopic (exact) mass is 284 g/mol. The number of fused-ring (bicyclic) bond motifs is 1. The second kappa shape index (κ2) is 6.65. The number of nitrogens with one attached hydrogen (secondary N) is 1. The molecule has 1 unspecified atom stereocenters. The highest BCUT2D eigenvalue weighted by atomic mass is 16.4. The van der Waals surface area contributed by atoms with Gasteiger partial charge in [-0.05, 0) is 25.0 Å². The number of amides is 1. The van der Waals surface area contributed by atoms with E-state index in [2.05, 4.69) is 16.9 Å². The number of rotatable bonds is 6. The molecule has 0 radical (unpaired) electrons. The minimum atomic E-state index is -1.06. The smallest absolute Gasteiger partial charge is 0.326 e. The third-order valence-electron chi connectivity index (χ3n) is 3.09. The molecule has 2 rings (SSSR count). The van der Waals surface area contributed by atoms with Gasteiger partial charge in [0.15, 0.2) is 0 Å². The number of nitrogens with zero attached hydrogens (tertiary/aromatic N) is 1. The van der Waals surface area contributed by atoms with Crippen molar-refractivity contribution in [1.82, 2.24) is 10.3 Å². The van der Waals surface area contributed by atoms with E-state index in [9.17, 15) is 9.59 Å². The van der Waals surface area contributed by atoms with Crippen LogP contribution >= 0.6 is 0 Å². The Morgan fingerprint density at radius 1 is 1.29 bits per heavy atom. The lowest BCUT2D eigenvalue weighted by molar-refractivity contribution is -0.139. The molecule has 0 spiro atoms. The van der Waals surface area contributed by atoms with Crippen LogP contribution in [0.4, 0.5) is 0 Å². The summed E-state index contributed by atoms with van der Waals surface area (Å²) in [5, 5.41) is 12.5. The summed E-state index contributed by atoms with van der Waals surface area (Å²) < 4.78 is 0. The number of pyridine rings is 1. The number of hydrogen-bond donors (Lipinski definition) is 2. The molecule has 108 valence electrons. The Bertz CT molecular complexity index is 682. The van der Waals surface area contributed by atoms with Crippen molar-refractivity contribution in [1.29, 1.82) is 0 Å². The van der Waals surface area contributed by atoms with Crippen molar-refractivity contribution in [2.24, 2.45) is 0 Å². The van der Waals surface area contributed by atoms with E-state index in [1.165, 1.54) is 0 Å². The second-order valence-corrected chi connectivity index (χ2v) is 4.62. The Morgan fingerprint density at radius 2 is 2.05 bits per heavy atom. The Balaban J connectivity index is 2.16. The zero-order valence-corrected chi connectivity index (χ0v) is 11.5. The van der Waals surface area contributed by atoms with E-state index in [0.717, 1.165) is 5.39 Å². The fourth-order valence-corrected chi connectivity index (χ4v) is 1.97. The lowest BCUT2D eigenvalue weighted by Gasteiger charge is -2.13. The van der Waals surface area contributed by atoms with Crippen LogP contribution in [-0.2, 0) is 4.79 Å². The van der Waals surface area contributed by atoms with Gasteiger partial charge in [0.2, 0.25) is 0 Å². The Labute approximate surface area is 122 Å². The molecule has 1 aromatic carbocycles. The molecule has 1 amide bonds. The van der Waals surface area contributed by atoms with Crippen molar-refractivity contribution < 1.29 is 14.7 Å². The van der Waals surface area contributed by atoms with Gasteiger partial charge in [0.25, 0.3) is 5.91 Å². The number of carboxylic acids is 1. The highest BCUT2D eigenvalue weighted by Crippen LogP contribution is 2.12. The van der Waals surface area contributed by atoms with Crippen LogP contribution in [-0.4, -0.2) is 28.0 Å². The quantitative estimate of drug-likeness (QED) is 0.798. The topological polar surface area (TPSA) is 79.3 Å². The van der Waals surface area contributed by atoms with Gasteiger partial charge in [0, 0.05) is 5.39 Å². The molecule has 0 saturated heterocycles. The molecule has 0 aliphatic carbocycles. The number of allylic oxidation sites excluding steroid dienone is 1. The van der Waals surface area contributed by atoms with Gasteiger partial charge in [0.05, 0.1) is 5.52 Å². The minimum Gasteiger partial charge on any atom is -0.480 e. The summed E-state index contributed by atoms with van der Waals surface area (Å²) in [6, 6.07) is 9.86. The van der Waals surface area contributed by atoms with Crippen molar-refractivity contribution >= 4 is 22.8 Å². The van der Waals surface area contributed by atoms with Gasteiger partial charge in [-0.15, -0.1) is 6.58 Å². The van der Waals surface area contributed by atoms with E-state index < -0.39 is 17.9 Å². The third-order valence-corrected chi connectivity index (χ3v) is 3.09. The zero-order valence-electron chi connectivity index (χ0n) is 11.5. The minimum absolute atomic E-state index is 0.207. The average molecular weight is 284 g/mol. The predicted octanol–water partition coefficient (Wildman–Crippen LogP) is 2.38. The van der Waals surface area contributed by atoms with Crippen molar-refractivity contribution in [2.75, 3.05) is 0 Å². The fourth-order valence-electron chi connectivity index (χ4n) is 1.97. The first-order valence-corrected chi connectivity index (χ1v) is 6.62. The Hall–Kier alpha value is -2.69. The van der Waals surface area contributed by atoms with Crippen molar-refractivity contribution in [2.45, 2.75) is 18.9 Å². The maximum absolute atomic E-state index is 12.1. The Kier molecular flexibility index (Phi) is 4.66. The normalized spacial score (nSPS) is 11.8. The summed E-state index contributed by atoms with van der Waals surface area (Å²) in [6.45, 7) is 3.55. The molecule has 2 aromatic rings. The van der Waals surface area contributed by atoms with E-state index in [-0.39, 0.29) is 5.69 Å². The van der Waals surface area contributed by atoms with Crippen LogP contribution in [0.5, 0.6) is 0 Å². The first-order chi connectivity index (χ1) is 10.1. The number of carbonyl (C=O) groups excluding carboxylic acids is 1. The van der Waals surface area contributed by atoms with E-state index in [0.29, 0.717) is 18.4 Å². The van der Waals surface area contributed by atoms with E-state index in [4.69, 9.17) is 5.11 Å². The maximum atomic E-state index is 12.1. The summed E-state index contributed by atoms with van der Waals surface area (Å²) >= 11 is 0. The molecule has 5 nitrogen and oxygen atoms in total. The SMILES string of the molecule is C=CCCC(NC(=O)c1ccc2ccccc2n1)C(=O)O. The largest absolute Gasteiger partial charge is 0.480 e. The van der Waals surface area contributed by atoms with E-state index in [1.807, 2.05) is 18.2 Å². The standard InChI is InChI=1S/C16H16N2O3/c1-2-3-7-14(16(20)21)18-15(19)13-10-9-11-6-4-5-8-12(11)17-13/h2,4-6,8-10,14H,1,3,7H2,(H,18,19)(H,20,21). The van der Waals surface area contributed by atoms with Gasteiger partial charge in [-0.25, -0.2) is 9.78 Å². The summed E-state index contributed by atoms with van der Waals surface area (Å²) in [5.41, 5.74) is 0.904. The van der Waals surface area contributed by atoms with Crippen molar-refractivity contribution in [3.8, 4) is 0 Å². The van der Waals surface area contributed by atoms with Crippen LogP contribution in [0.1, 0.15) is 23.3 Å². The molecule has 1 atom stereocenters. The molecule has 5 heteroatoms. The van der Waals surface area contributed by atoms with Gasteiger partial charge in [0.1, 0.15) is 11.7 Å². The number of benzene rings is 1. The highest BCUT2D eigenvalue weighted by Gasteiger charge is 2.20. The van der Waals surface area contributed by atoms with Crippen molar-refractivity contribution in [3.63, 3.8) is 0 Å². The number of aliphatic carboxylic acids is 1. The van der Waals surface area contributed by atoms with E-state index >= 15 is 0 Å². The number of aromatic nitrogens is 1. The van der Waals surface area contributed by atoms with Crippen LogP contribution in [0.3, 0.4) is 0 Å². The molecule has 0 fully saturated rings.